The minimum absolute atomic E-state index is 0.000177. The van der Waals surface area contributed by atoms with E-state index >= 15 is 0 Å². The second kappa shape index (κ2) is 6.72. The molecule has 1 atom stereocenters. The van der Waals surface area contributed by atoms with Crippen LogP contribution in [0, 0.1) is 0 Å². The number of hydrogen-bond acceptors (Lipinski definition) is 4. The van der Waals surface area contributed by atoms with Gasteiger partial charge in [0.05, 0.1) is 12.2 Å². The Kier molecular flexibility index (Phi) is 4.96. The highest BCUT2D eigenvalue weighted by atomic mass is 16.5. The number of Topliss-reactive ketones (excluding diaryl/α,β-unsaturated/α-hetero) is 1. The maximum absolute atomic E-state index is 12.1. The molecule has 114 valence electrons. The zero-order valence-electron chi connectivity index (χ0n) is 12.6. The van der Waals surface area contributed by atoms with Crippen molar-refractivity contribution in [3.05, 3.63) is 23.8 Å². The average Bonchev–Trinajstić information content (AvgIpc) is 2.50. The number of anilines is 1. The van der Waals surface area contributed by atoms with E-state index in [0.29, 0.717) is 42.9 Å². The van der Waals surface area contributed by atoms with Crippen LogP contribution in [0.25, 0.3) is 0 Å². The van der Waals surface area contributed by atoms with Crippen molar-refractivity contribution in [3.8, 4) is 5.75 Å². The number of amides is 1. The van der Waals surface area contributed by atoms with Crippen LogP contribution in [0.15, 0.2) is 18.2 Å². The normalized spacial score (nSPS) is 17.1. The molecule has 2 rings (SSSR count). The highest BCUT2D eigenvalue weighted by Crippen LogP contribution is 2.35. The standard InChI is InChI=1S/C16H22N2O3/c1-3-13-10-18(11(2)19)14-9-12(6-7-16(14)21-13)15(20)5-4-8-17/h6-7,9,13H,3-5,8,10,17H2,1-2H3. The first-order valence-electron chi connectivity index (χ1n) is 7.38. The number of carbonyl (C=O) groups is 2. The van der Waals surface area contributed by atoms with E-state index in [4.69, 9.17) is 10.5 Å². The molecule has 5 nitrogen and oxygen atoms in total. The number of rotatable bonds is 5. The molecule has 1 aromatic rings. The fraction of sp³-hybridized carbons (Fsp3) is 0.500. The third-order valence-corrected chi connectivity index (χ3v) is 3.69. The van der Waals surface area contributed by atoms with Crippen LogP contribution in [0.1, 0.15) is 43.5 Å². The van der Waals surface area contributed by atoms with Gasteiger partial charge >= 0.3 is 0 Å². The Morgan fingerprint density at radius 1 is 1.43 bits per heavy atom. The molecule has 1 aliphatic heterocycles. The second-order valence-electron chi connectivity index (χ2n) is 5.28. The van der Waals surface area contributed by atoms with E-state index in [1.54, 1.807) is 23.1 Å². The molecule has 21 heavy (non-hydrogen) atoms. The molecule has 0 aliphatic carbocycles. The molecular weight excluding hydrogens is 268 g/mol. The van der Waals surface area contributed by atoms with Gasteiger partial charge in [0.1, 0.15) is 11.9 Å². The van der Waals surface area contributed by atoms with Crippen LogP contribution in [0.2, 0.25) is 0 Å². The molecule has 0 bridgehead atoms. The van der Waals surface area contributed by atoms with Gasteiger partial charge in [-0.2, -0.15) is 0 Å². The summed E-state index contributed by atoms with van der Waals surface area (Å²) < 4.78 is 5.85. The number of carbonyl (C=O) groups excluding carboxylic acids is 2. The van der Waals surface area contributed by atoms with Crippen molar-refractivity contribution in [2.45, 2.75) is 39.2 Å². The third kappa shape index (κ3) is 3.42. The number of ketones is 1. The van der Waals surface area contributed by atoms with E-state index in [-0.39, 0.29) is 17.8 Å². The van der Waals surface area contributed by atoms with Crippen molar-refractivity contribution in [3.63, 3.8) is 0 Å². The van der Waals surface area contributed by atoms with Gasteiger partial charge in [-0.3, -0.25) is 9.59 Å². The van der Waals surface area contributed by atoms with Crippen molar-refractivity contribution in [1.82, 2.24) is 0 Å². The Morgan fingerprint density at radius 2 is 2.19 bits per heavy atom. The van der Waals surface area contributed by atoms with Crippen LogP contribution < -0.4 is 15.4 Å². The first-order chi connectivity index (χ1) is 10.1. The summed E-state index contributed by atoms with van der Waals surface area (Å²) in [7, 11) is 0. The Hall–Kier alpha value is -1.88. The summed E-state index contributed by atoms with van der Waals surface area (Å²) in [5, 5.41) is 0. The van der Waals surface area contributed by atoms with Crippen molar-refractivity contribution in [2.75, 3.05) is 18.0 Å². The van der Waals surface area contributed by atoms with E-state index in [2.05, 4.69) is 0 Å². The third-order valence-electron chi connectivity index (χ3n) is 3.69. The van der Waals surface area contributed by atoms with Crippen LogP contribution in [0.3, 0.4) is 0 Å². The molecule has 1 aliphatic rings. The smallest absolute Gasteiger partial charge is 0.224 e. The van der Waals surface area contributed by atoms with Crippen molar-refractivity contribution in [1.29, 1.82) is 0 Å². The number of hydrogen-bond donors (Lipinski definition) is 1. The van der Waals surface area contributed by atoms with Gasteiger partial charge in [0.15, 0.2) is 5.78 Å². The van der Waals surface area contributed by atoms with Crippen LogP contribution >= 0.6 is 0 Å². The Bertz CT molecular complexity index is 542. The zero-order chi connectivity index (χ0) is 15.4. The number of fused-ring (bicyclic) bond motifs is 1. The van der Waals surface area contributed by atoms with E-state index in [1.807, 2.05) is 6.92 Å². The van der Waals surface area contributed by atoms with Gasteiger partial charge in [0.25, 0.3) is 0 Å². The van der Waals surface area contributed by atoms with Crippen LogP contribution in [0.4, 0.5) is 5.69 Å². The van der Waals surface area contributed by atoms with Gasteiger partial charge in [-0.15, -0.1) is 0 Å². The summed E-state index contributed by atoms with van der Waals surface area (Å²) in [6, 6.07) is 5.29. The number of benzene rings is 1. The number of nitrogens with two attached hydrogens (primary N) is 1. The lowest BCUT2D eigenvalue weighted by Crippen LogP contribution is -2.42. The van der Waals surface area contributed by atoms with Crippen molar-refractivity contribution >= 4 is 17.4 Å². The van der Waals surface area contributed by atoms with Gasteiger partial charge < -0.3 is 15.4 Å². The summed E-state index contributed by atoms with van der Waals surface area (Å²) >= 11 is 0. The second-order valence-corrected chi connectivity index (χ2v) is 5.28. The molecule has 0 radical (unpaired) electrons. The Balaban J connectivity index is 2.31. The number of nitrogens with zero attached hydrogens (tertiary/aromatic N) is 1. The van der Waals surface area contributed by atoms with Crippen LogP contribution in [-0.4, -0.2) is 30.9 Å². The molecule has 0 fully saturated rings. The fourth-order valence-electron chi connectivity index (χ4n) is 2.44. The van der Waals surface area contributed by atoms with Gasteiger partial charge in [-0.25, -0.2) is 0 Å². The molecule has 1 heterocycles. The molecule has 2 N–H and O–H groups in total. The summed E-state index contributed by atoms with van der Waals surface area (Å²) in [5.74, 6) is 0.674. The molecule has 0 aromatic heterocycles. The van der Waals surface area contributed by atoms with Crippen molar-refractivity contribution in [2.24, 2.45) is 5.73 Å². The molecule has 1 aromatic carbocycles. The first-order valence-corrected chi connectivity index (χ1v) is 7.38. The van der Waals surface area contributed by atoms with Crippen LogP contribution in [0.5, 0.6) is 5.75 Å². The quantitative estimate of drug-likeness (QED) is 0.843. The van der Waals surface area contributed by atoms with Crippen molar-refractivity contribution < 1.29 is 14.3 Å². The van der Waals surface area contributed by atoms with E-state index in [1.165, 1.54) is 6.92 Å². The minimum Gasteiger partial charge on any atom is -0.486 e. The highest BCUT2D eigenvalue weighted by molar-refractivity contribution is 6.00. The monoisotopic (exact) mass is 290 g/mol. The summed E-state index contributed by atoms with van der Waals surface area (Å²) in [4.78, 5) is 25.6. The van der Waals surface area contributed by atoms with E-state index in [0.717, 1.165) is 6.42 Å². The highest BCUT2D eigenvalue weighted by Gasteiger charge is 2.27. The zero-order valence-corrected chi connectivity index (χ0v) is 12.6. The molecular formula is C16H22N2O3. The first kappa shape index (κ1) is 15.5. The predicted octanol–water partition coefficient (Wildman–Crippen LogP) is 2.13. The van der Waals surface area contributed by atoms with Gasteiger partial charge in [0, 0.05) is 18.9 Å². The summed E-state index contributed by atoms with van der Waals surface area (Å²) in [6.07, 6.45) is 1.93. The minimum atomic E-state index is -0.0374. The maximum atomic E-state index is 12.1. The largest absolute Gasteiger partial charge is 0.486 e. The SMILES string of the molecule is CCC1CN(C(C)=O)c2cc(C(=O)CCCN)ccc2O1. The fourth-order valence-corrected chi connectivity index (χ4v) is 2.44. The van der Waals surface area contributed by atoms with Gasteiger partial charge in [-0.1, -0.05) is 6.92 Å². The predicted molar refractivity (Wildman–Crippen MR) is 81.8 cm³/mol. The molecule has 1 amide bonds. The topological polar surface area (TPSA) is 72.6 Å². The van der Waals surface area contributed by atoms with Gasteiger partial charge in [-0.05, 0) is 37.6 Å². The molecule has 5 heteroatoms. The summed E-state index contributed by atoms with van der Waals surface area (Å²) in [6.45, 7) is 4.58. The lowest BCUT2D eigenvalue weighted by Gasteiger charge is -2.34. The number of ether oxygens (including phenoxy) is 1. The molecule has 0 saturated heterocycles. The average molecular weight is 290 g/mol. The maximum Gasteiger partial charge on any atom is 0.224 e. The Morgan fingerprint density at radius 3 is 2.81 bits per heavy atom. The van der Waals surface area contributed by atoms with E-state index < -0.39 is 0 Å². The lowest BCUT2D eigenvalue weighted by atomic mass is 10.0. The summed E-state index contributed by atoms with van der Waals surface area (Å²) in [5.41, 5.74) is 6.72. The van der Waals surface area contributed by atoms with Gasteiger partial charge in [0.2, 0.25) is 5.91 Å². The Labute approximate surface area is 125 Å². The van der Waals surface area contributed by atoms with E-state index in [9.17, 15) is 9.59 Å². The van der Waals surface area contributed by atoms with Crippen LogP contribution in [-0.2, 0) is 4.79 Å². The molecule has 0 spiro atoms. The molecule has 1 unspecified atom stereocenters. The lowest BCUT2D eigenvalue weighted by molar-refractivity contribution is -0.117. The molecule has 0 saturated carbocycles.